The summed E-state index contributed by atoms with van der Waals surface area (Å²) in [5, 5.41) is 2.56. The quantitative estimate of drug-likeness (QED) is 0.696. The van der Waals surface area contributed by atoms with E-state index in [-0.39, 0.29) is 19.4 Å². The average Bonchev–Trinajstić information content (AvgIpc) is 2.45. The molecule has 0 heterocycles. The van der Waals surface area contributed by atoms with Crippen LogP contribution in [-0.4, -0.2) is 30.4 Å². The van der Waals surface area contributed by atoms with Crippen LogP contribution in [0.4, 0.5) is 0 Å². The van der Waals surface area contributed by atoms with Gasteiger partial charge in [-0.15, -0.1) is 0 Å². The van der Waals surface area contributed by atoms with Crippen molar-refractivity contribution in [3.8, 4) is 0 Å². The van der Waals surface area contributed by atoms with Crippen molar-refractivity contribution < 1.29 is 19.1 Å². The molecule has 0 aromatic heterocycles. The summed E-state index contributed by atoms with van der Waals surface area (Å²) in [5.41, 5.74) is 7.31. The maximum absolute atomic E-state index is 11.8. The highest BCUT2D eigenvalue weighted by atomic mass is 16.5. The predicted molar refractivity (Wildman–Crippen MR) is 81.9 cm³/mol. The van der Waals surface area contributed by atoms with Crippen LogP contribution in [0.5, 0.6) is 0 Å². The number of nitrogens with one attached hydrogen (secondary N) is 1. The Morgan fingerprint density at radius 3 is 2.59 bits per heavy atom. The molecule has 0 radical (unpaired) electrons. The second-order valence-electron chi connectivity index (χ2n) is 5.02. The molecule has 3 N–H and O–H groups in total. The third-order valence-corrected chi connectivity index (χ3v) is 3.06. The van der Waals surface area contributed by atoms with Gasteiger partial charge in [0.2, 0.25) is 11.8 Å². The molecule has 1 rings (SSSR count). The van der Waals surface area contributed by atoms with Crippen LogP contribution < -0.4 is 11.1 Å². The first-order valence-electron chi connectivity index (χ1n) is 7.22. The number of aryl methyl sites for hydroxylation is 1. The minimum atomic E-state index is -0.795. The Hall–Kier alpha value is -2.37. The fourth-order valence-electron chi connectivity index (χ4n) is 2.01. The van der Waals surface area contributed by atoms with Gasteiger partial charge in [0.1, 0.15) is 6.04 Å². The van der Waals surface area contributed by atoms with Crippen molar-refractivity contribution in [1.82, 2.24) is 5.32 Å². The highest BCUT2D eigenvalue weighted by Gasteiger charge is 2.19. The van der Waals surface area contributed by atoms with Gasteiger partial charge < -0.3 is 15.8 Å². The fraction of sp³-hybridized carbons (Fsp3) is 0.438. The standard InChI is InChI=1S/C16H22N2O4/c1-3-22-15(20)8-7-14(19)18-13(16(17)21)10-12-6-4-5-11(2)9-12/h4-6,9,13H,3,7-8,10H2,1-2H3,(H2,17,21)(H,18,19)/t13-/m0/s1. The second-order valence-corrected chi connectivity index (χ2v) is 5.02. The van der Waals surface area contributed by atoms with Gasteiger partial charge >= 0.3 is 5.97 Å². The number of primary amides is 1. The molecule has 0 aliphatic heterocycles. The minimum absolute atomic E-state index is 0.0183. The summed E-state index contributed by atoms with van der Waals surface area (Å²) in [4.78, 5) is 34.5. The molecule has 2 amide bonds. The molecule has 0 bridgehead atoms. The molecule has 1 aromatic carbocycles. The molecule has 22 heavy (non-hydrogen) atoms. The monoisotopic (exact) mass is 306 g/mol. The zero-order chi connectivity index (χ0) is 16.5. The van der Waals surface area contributed by atoms with E-state index in [4.69, 9.17) is 10.5 Å². The number of carbonyl (C=O) groups is 3. The smallest absolute Gasteiger partial charge is 0.306 e. The Morgan fingerprint density at radius 1 is 1.27 bits per heavy atom. The van der Waals surface area contributed by atoms with Crippen molar-refractivity contribution >= 4 is 17.8 Å². The number of hydrogen-bond donors (Lipinski definition) is 2. The van der Waals surface area contributed by atoms with Crippen molar-refractivity contribution in [2.75, 3.05) is 6.61 Å². The summed E-state index contributed by atoms with van der Waals surface area (Å²) in [6.45, 7) is 3.92. The van der Waals surface area contributed by atoms with Crippen LogP contribution in [0.25, 0.3) is 0 Å². The van der Waals surface area contributed by atoms with E-state index >= 15 is 0 Å². The number of ether oxygens (including phenoxy) is 1. The van der Waals surface area contributed by atoms with Gasteiger partial charge in [-0.05, 0) is 19.4 Å². The molecular formula is C16H22N2O4. The highest BCUT2D eigenvalue weighted by molar-refractivity contribution is 5.88. The third-order valence-electron chi connectivity index (χ3n) is 3.06. The molecule has 6 heteroatoms. The summed E-state index contributed by atoms with van der Waals surface area (Å²) >= 11 is 0. The van der Waals surface area contributed by atoms with E-state index in [9.17, 15) is 14.4 Å². The van der Waals surface area contributed by atoms with E-state index in [1.807, 2.05) is 31.2 Å². The molecule has 120 valence electrons. The molecule has 0 spiro atoms. The Morgan fingerprint density at radius 2 is 2.00 bits per heavy atom. The number of benzene rings is 1. The fourth-order valence-corrected chi connectivity index (χ4v) is 2.01. The lowest BCUT2D eigenvalue weighted by Crippen LogP contribution is -2.45. The van der Waals surface area contributed by atoms with E-state index in [1.165, 1.54) is 0 Å². The summed E-state index contributed by atoms with van der Waals surface area (Å²) in [6.07, 6.45) is 0.272. The number of rotatable bonds is 8. The largest absolute Gasteiger partial charge is 0.466 e. The molecule has 1 aromatic rings. The number of carbonyl (C=O) groups excluding carboxylic acids is 3. The van der Waals surface area contributed by atoms with Gasteiger partial charge in [-0.25, -0.2) is 0 Å². The lowest BCUT2D eigenvalue weighted by molar-refractivity contribution is -0.144. The van der Waals surface area contributed by atoms with Crippen LogP contribution >= 0.6 is 0 Å². The zero-order valence-electron chi connectivity index (χ0n) is 12.9. The normalized spacial score (nSPS) is 11.5. The molecular weight excluding hydrogens is 284 g/mol. The van der Waals surface area contributed by atoms with E-state index in [0.717, 1.165) is 11.1 Å². The number of hydrogen-bond acceptors (Lipinski definition) is 4. The van der Waals surface area contributed by atoms with Crippen molar-refractivity contribution in [2.24, 2.45) is 5.73 Å². The second kappa shape index (κ2) is 8.81. The van der Waals surface area contributed by atoms with Gasteiger partial charge in [-0.2, -0.15) is 0 Å². The van der Waals surface area contributed by atoms with Crippen molar-refractivity contribution in [2.45, 2.75) is 39.2 Å². The summed E-state index contributed by atoms with van der Waals surface area (Å²) in [6, 6.07) is 6.83. The first kappa shape index (κ1) is 17.7. The Balaban J connectivity index is 2.55. The Labute approximate surface area is 130 Å². The van der Waals surface area contributed by atoms with Crippen LogP contribution in [0.3, 0.4) is 0 Å². The average molecular weight is 306 g/mol. The van der Waals surface area contributed by atoms with Gasteiger partial charge in [0, 0.05) is 12.8 Å². The van der Waals surface area contributed by atoms with Gasteiger partial charge in [-0.3, -0.25) is 14.4 Å². The zero-order valence-corrected chi connectivity index (χ0v) is 12.9. The number of esters is 1. The molecule has 0 aliphatic carbocycles. The van der Waals surface area contributed by atoms with Gasteiger partial charge in [0.25, 0.3) is 0 Å². The van der Waals surface area contributed by atoms with Gasteiger partial charge in [-0.1, -0.05) is 29.8 Å². The van der Waals surface area contributed by atoms with Crippen LogP contribution in [0.15, 0.2) is 24.3 Å². The van der Waals surface area contributed by atoms with Crippen LogP contribution in [0, 0.1) is 6.92 Å². The highest BCUT2D eigenvalue weighted by Crippen LogP contribution is 2.07. The SMILES string of the molecule is CCOC(=O)CCC(=O)N[C@@H](Cc1cccc(C)c1)C(N)=O. The van der Waals surface area contributed by atoms with Crippen molar-refractivity contribution in [1.29, 1.82) is 0 Å². The molecule has 0 aliphatic rings. The third kappa shape index (κ3) is 6.39. The number of amides is 2. The predicted octanol–water partition coefficient (Wildman–Crippen LogP) is 0.851. The maximum Gasteiger partial charge on any atom is 0.306 e. The lowest BCUT2D eigenvalue weighted by atomic mass is 10.0. The topological polar surface area (TPSA) is 98.5 Å². The summed E-state index contributed by atoms with van der Waals surface area (Å²) in [7, 11) is 0. The Bertz CT molecular complexity index is 543. The van der Waals surface area contributed by atoms with E-state index in [1.54, 1.807) is 6.92 Å². The summed E-state index contributed by atoms with van der Waals surface area (Å²) in [5.74, 6) is -1.44. The molecule has 1 atom stereocenters. The van der Waals surface area contributed by atoms with Crippen molar-refractivity contribution in [3.05, 3.63) is 35.4 Å². The first-order chi connectivity index (χ1) is 10.4. The van der Waals surface area contributed by atoms with Gasteiger partial charge in [0.05, 0.1) is 13.0 Å². The first-order valence-corrected chi connectivity index (χ1v) is 7.22. The molecule has 0 fully saturated rings. The van der Waals surface area contributed by atoms with Crippen LogP contribution in [0.1, 0.15) is 30.9 Å². The van der Waals surface area contributed by atoms with E-state index in [2.05, 4.69) is 5.32 Å². The molecule has 6 nitrogen and oxygen atoms in total. The molecule has 0 unspecified atom stereocenters. The van der Waals surface area contributed by atoms with Crippen LogP contribution in [-0.2, 0) is 25.5 Å². The van der Waals surface area contributed by atoms with E-state index < -0.39 is 23.8 Å². The van der Waals surface area contributed by atoms with Crippen LogP contribution in [0.2, 0.25) is 0 Å². The van der Waals surface area contributed by atoms with E-state index in [0.29, 0.717) is 6.42 Å². The maximum atomic E-state index is 11.8. The Kier molecular flexibility index (Phi) is 7.08. The summed E-state index contributed by atoms with van der Waals surface area (Å²) < 4.78 is 4.74. The minimum Gasteiger partial charge on any atom is -0.466 e. The molecule has 0 saturated carbocycles. The van der Waals surface area contributed by atoms with Gasteiger partial charge in [0.15, 0.2) is 0 Å². The lowest BCUT2D eigenvalue weighted by Gasteiger charge is -2.15. The number of nitrogens with two attached hydrogens (primary N) is 1. The van der Waals surface area contributed by atoms with Crippen molar-refractivity contribution in [3.63, 3.8) is 0 Å². The molecule has 0 saturated heterocycles.